The minimum atomic E-state index is -0.0774. The van der Waals surface area contributed by atoms with E-state index in [2.05, 4.69) is 10.9 Å². The molecule has 3 heteroatoms. The summed E-state index contributed by atoms with van der Waals surface area (Å²) >= 11 is 0. The van der Waals surface area contributed by atoms with Gasteiger partial charge in [0.1, 0.15) is 0 Å². The van der Waals surface area contributed by atoms with Gasteiger partial charge in [-0.05, 0) is 18.6 Å². The lowest BCUT2D eigenvalue weighted by Crippen LogP contribution is -2.42. The predicted octanol–water partition coefficient (Wildman–Crippen LogP) is 1.30. The van der Waals surface area contributed by atoms with Crippen LogP contribution in [0, 0.1) is 5.92 Å². The maximum atomic E-state index is 11.2. The first-order valence-corrected chi connectivity index (χ1v) is 4.60. The van der Waals surface area contributed by atoms with Crippen LogP contribution in [0.25, 0.3) is 5.70 Å². The molecule has 2 N–H and O–H groups in total. The van der Waals surface area contributed by atoms with Gasteiger partial charge in [0, 0.05) is 0 Å². The quantitative estimate of drug-likeness (QED) is 0.697. The zero-order valence-corrected chi connectivity index (χ0v) is 7.95. The van der Waals surface area contributed by atoms with Gasteiger partial charge in [0.2, 0.25) is 5.91 Å². The SMILES string of the molecule is CC1C=C(c2ccccc2)NNC1=O. The van der Waals surface area contributed by atoms with Gasteiger partial charge in [-0.1, -0.05) is 30.3 Å². The molecular weight excluding hydrogens is 176 g/mol. The molecule has 0 spiro atoms. The van der Waals surface area contributed by atoms with E-state index in [-0.39, 0.29) is 11.8 Å². The van der Waals surface area contributed by atoms with Crippen molar-refractivity contribution in [3.63, 3.8) is 0 Å². The summed E-state index contributed by atoms with van der Waals surface area (Å²) in [7, 11) is 0. The zero-order valence-electron chi connectivity index (χ0n) is 7.95. The lowest BCUT2D eigenvalue weighted by molar-refractivity contribution is -0.124. The molecule has 0 aromatic heterocycles. The Labute approximate surface area is 82.8 Å². The molecule has 1 atom stereocenters. The molecule has 14 heavy (non-hydrogen) atoms. The highest BCUT2D eigenvalue weighted by Crippen LogP contribution is 2.15. The first kappa shape index (κ1) is 8.81. The molecule has 0 radical (unpaired) electrons. The molecule has 1 aromatic carbocycles. The van der Waals surface area contributed by atoms with Crippen LogP contribution in [0.4, 0.5) is 0 Å². The van der Waals surface area contributed by atoms with Gasteiger partial charge < -0.3 is 0 Å². The first-order valence-electron chi connectivity index (χ1n) is 4.60. The zero-order chi connectivity index (χ0) is 9.97. The van der Waals surface area contributed by atoms with Gasteiger partial charge >= 0.3 is 0 Å². The smallest absolute Gasteiger partial charge is 0.245 e. The molecule has 0 saturated heterocycles. The fraction of sp³-hybridized carbons (Fsp3) is 0.182. The summed E-state index contributed by atoms with van der Waals surface area (Å²) in [5.41, 5.74) is 7.54. The largest absolute Gasteiger partial charge is 0.298 e. The van der Waals surface area contributed by atoms with Crippen molar-refractivity contribution < 1.29 is 4.79 Å². The van der Waals surface area contributed by atoms with Crippen LogP contribution < -0.4 is 10.9 Å². The average Bonchev–Trinajstić information content (AvgIpc) is 2.23. The second-order valence-electron chi connectivity index (χ2n) is 3.35. The van der Waals surface area contributed by atoms with Gasteiger partial charge in [0.05, 0.1) is 11.6 Å². The van der Waals surface area contributed by atoms with Crippen molar-refractivity contribution in [2.75, 3.05) is 0 Å². The number of hydrogen-bond acceptors (Lipinski definition) is 2. The molecule has 3 nitrogen and oxygen atoms in total. The summed E-state index contributed by atoms with van der Waals surface area (Å²) < 4.78 is 0. The van der Waals surface area contributed by atoms with Gasteiger partial charge in [-0.15, -0.1) is 0 Å². The Morgan fingerprint density at radius 2 is 1.86 bits per heavy atom. The van der Waals surface area contributed by atoms with Gasteiger partial charge in [-0.25, -0.2) is 0 Å². The van der Waals surface area contributed by atoms with Crippen LogP contribution in [0.5, 0.6) is 0 Å². The van der Waals surface area contributed by atoms with E-state index in [0.29, 0.717) is 0 Å². The number of rotatable bonds is 1. The van der Waals surface area contributed by atoms with E-state index in [1.807, 2.05) is 43.3 Å². The fourth-order valence-corrected chi connectivity index (χ4v) is 1.40. The Balaban J connectivity index is 2.29. The third kappa shape index (κ3) is 1.62. The molecule has 1 unspecified atom stereocenters. The molecular formula is C11H12N2O. The summed E-state index contributed by atoms with van der Waals surface area (Å²) in [6.45, 7) is 1.87. The van der Waals surface area contributed by atoms with E-state index in [0.717, 1.165) is 11.3 Å². The van der Waals surface area contributed by atoms with Crippen LogP contribution in [-0.4, -0.2) is 5.91 Å². The summed E-state index contributed by atoms with van der Waals surface area (Å²) in [5.74, 6) is -0.0730. The molecule has 1 heterocycles. The average molecular weight is 188 g/mol. The molecule has 0 saturated carbocycles. The molecule has 0 aliphatic carbocycles. The Morgan fingerprint density at radius 1 is 1.14 bits per heavy atom. The molecule has 0 bridgehead atoms. The van der Waals surface area contributed by atoms with Crippen LogP contribution in [-0.2, 0) is 4.79 Å². The number of nitrogens with one attached hydrogen (secondary N) is 2. The van der Waals surface area contributed by atoms with Crippen molar-refractivity contribution in [2.24, 2.45) is 5.92 Å². The Morgan fingerprint density at radius 3 is 2.50 bits per heavy atom. The Bertz CT molecular complexity index is 370. The van der Waals surface area contributed by atoms with Gasteiger partial charge in [-0.3, -0.25) is 15.6 Å². The summed E-state index contributed by atoms with van der Waals surface area (Å²) in [6, 6.07) is 9.92. The van der Waals surface area contributed by atoms with Crippen molar-refractivity contribution in [1.29, 1.82) is 0 Å². The Kier molecular flexibility index (Phi) is 2.23. The van der Waals surface area contributed by atoms with E-state index < -0.39 is 0 Å². The third-order valence-corrected chi connectivity index (χ3v) is 2.24. The second kappa shape index (κ2) is 3.54. The van der Waals surface area contributed by atoms with E-state index >= 15 is 0 Å². The fourth-order valence-electron chi connectivity index (χ4n) is 1.40. The highest BCUT2D eigenvalue weighted by atomic mass is 16.2. The highest BCUT2D eigenvalue weighted by molar-refractivity contribution is 5.85. The monoisotopic (exact) mass is 188 g/mol. The minimum Gasteiger partial charge on any atom is -0.298 e. The van der Waals surface area contributed by atoms with Crippen LogP contribution in [0.3, 0.4) is 0 Å². The third-order valence-electron chi connectivity index (χ3n) is 2.24. The standard InChI is InChI=1S/C11H12N2O/c1-8-7-10(12-13-11(8)14)9-5-3-2-4-6-9/h2-8,12H,1H3,(H,13,14). The van der Waals surface area contributed by atoms with E-state index in [1.165, 1.54) is 0 Å². The number of carbonyl (C=O) groups excluding carboxylic acids is 1. The normalized spacial score (nSPS) is 20.8. The number of hydrazine groups is 1. The van der Waals surface area contributed by atoms with Gasteiger partial charge in [0.25, 0.3) is 0 Å². The number of hydrogen-bond donors (Lipinski definition) is 2. The molecule has 2 rings (SSSR count). The molecule has 1 aliphatic heterocycles. The molecule has 72 valence electrons. The van der Waals surface area contributed by atoms with E-state index in [4.69, 9.17) is 0 Å². The molecule has 0 fully saturated rings. The van der Waals surface area contributed by atoms with Gasteiger partial charge in [0.15, 0.2) is 0 Å². The summed E-state index contributed by atoms with van der Waals surface area (Å²) in [4.78, 5) is 11.2. The second-order valence-corrected chi connectivity index (χ2v) is 3.35. The van der Waals surface area contributed by atoms with Crippen molar-refractivity contribution in [1.82, 2.24) is 10.9 Å². The maximum Gasteiger partial charge on any atom is 0.245 e. The van der Waals surface area contributed by atoms with Crippen LogP contribution in [0.15, 0.2) is 36.4 Å². The number of carbonyl (C=O) groups is 1. The van der Waals surface area contributed by atoms with Crippen LogP contribution in [0.1, 0.15) is 12.5 Å². The van der Waals surface area contributed by atoms with Crippen molar-refractivity contribution in [3.05, 3.63) is 42.0 Å². The highest BCUT2D eigenvalue weighted by Gasteiger charge is 2.16. The van der Waals surface area contributed by atoms with Crippen molar-refractivity contribution in [3.8, 4) is 0 Å². The van der Waals surface area contributed by atoms with E-state index in [9.17, 15) is 4.79 Å². The van der Waals surface area contributed by atoms with Crippen LogP contribution in [0.2, 0.25) is 0 Å². The van der Waals surface area contributed by atoms with Crippen molar-refractivity contribution in [2.45, 2.75) is 6.92 Å². The summed E-state index contributed by atoms with van der Waals surface area (Å²) in [5, 5.41) is 0. The number of benzene rings is 1. The lowest BCUT2D eigenvalue weighted by atomic mass is 10.0. The maximum absolute atomic E-state index is 11.2. The minimum absolute atomic E-state index is 0.00433. The first-order chi connectivity index (χ1) is 6.77. The predicted molar refractivity (Wildman–Crippen MR) is 54.9 cm³/mol. The molecule has 1 aliphatic rings. The van der Waals surface area contributed by atoms with Gasteiger partial charge in [-0.2, -0.15) is 0 Å². The molecule has 1 amide bonds. The van der Waals surface area contributed by atoms with E-state index in [1.54, 1.807) is 0 Å². The van der Waals surface area contributed by atoms with Crippen molar-refractivity contribution >= 4 is 11.6 Å². The summed E-state index contributed by atoms with van der Waals surface area (Å²) in [6.07, 6.45) is 1.92. The topological polar surface area (TPSA) is 41.1 Å². The lowest BCUT2D eigenvalue weighted by Gasteiger charge is -2.20. The Hall–Kier alpha value is -1.77. The van der Waals surface area contributed by atoms with Crippen LogP contribution >= 0.6 is 0 Å². The molecule has 1 aromatic rings. The number of amides is 1.